The van der Waals surface area contributed by atoms with Gasteiger partial charge in [-0.25, -0.2) is 9.78 Å². The predicted molar refractivity (Wildman–Crippen MR) is 169 cm³/mol. The summed E-state index contributed by atoms with van der Waals surface area (Å²) in [5.41, 5.74) is 14.9. The number of aryl methyl sites for hydroxylation is 4. The third-order valence-electron chi connectivity index (χ3n) is 7.26. The average Bonchev–Trinajstić information content (AvgIpc) is 3.71. The second-order valence-corrected chi connectivity index (χ2v) is 10.4. The molecular formula is C31H41N9O5. The van der Waals surface area contributed by atoms with Crippen molar-refractivity contribution in [2.45, 2.75) is 66.1 Å². The number of imidazole rings is 1. The van der Waals surface area contributed by atoms with Crippen LogP contribution in [0.4, 0.5) is 5.95 Å². The molecule has 4 rings (SSSR count). The molecule has 0 spiro atoms. The Balaban J connectivity index is 1.48. The van der Waals surface area contributed by atoms with E-state index in [2.05, 4.69) is 20.5 Å². The van der Waals surface area contributed by atoms with Crippen LogP contribution in [0, 0.1) is 6.92 Å². The molecule has 45 heavy (non-hydrogen) atoms. The lowest BCUT2D eigenvalue weighted by Gasteiger charge is -2.11. The van der Waals surface area contributed by atoms with Crippen LogP contribution < -0.4 is 21.5 Å². The Morgan fingerprint density at radius 3 is 2.56 bits per heavy atom. The Labute approximate surface area is 261 Å². The highest BCUT2D eigenvalue weighted by atomic mass is 16.5. The molecule has 0 aliphatic carbocycles. The number of fused-ring (bicyclic) bond motifs is 1. The van der Waals surface area contributed by atoms with Gasteiger partial charge in [0.15, 0.2) is 0 Å². The second-order valence-electron chi connectivity index (χ2n) is 10.4. The maximum absolute atomic E-state index is 13.6. The summed E-state index contributed by atoms with van der Waals surface area (Å²) in [5.74, 6) is -0.687. The molecule has 2 amide bonds. The summed E-state index contributed by atoms with van der Waals surface area (Å²) in [6.07, 6.45) is 8.54. The lowest BCUT2D eigenvalue weighted by atomic mass is 10.1. The number of unbranched alkanes of at least 4 members (excludes halogenated alkanes) is 2. The number of esters is 1. The van der Waals surface area contributed by atoms with Crippen LogP contribution in [0.5, 0.6) is 5.75 Å². The van der Waals surface area contributed by atoms with Crippen molar-refractivity contribution >= 4 is 34.8 Å². The molecule has 0 fully saturated rings. The third kappa shape index (κ3) is 7.58. The van der Waals surface area contributed by atoms with Gasteiger partial charge in [0.1, 0.15) is 22.7 Å². The van der Waals surface area contributed by atoms with E-state index in [1.54, 1.807) is 51.3 Å². The number of nitrogens with zero attached hydrogens (tertiary/aromatic N) is 6. The maximum Gasteiger partial charge on any atom is 0.356 e. The van der Waals surface area contributed by atoms with Gasteiger partial charge in [0.25, 0.3) is 5.91 Å². The Kier molecular flexibility index (Phi) is 11.1. The number of benzene rings is 1. The number of carbonyl (C=O) groups is 3. The summed E-state index contributed by atoms with van der Waals surface area (Å²) < 4.78 is 15.9. The number of amides is 2. The summed E-state index contributed by atoms with van der Waals surface area (Å²) in [6, 6.07) is 4.84. The number of hydrogen-bond acceptors (Lipinski definition) is 9. The lowest BCUT2D eigenvalue weighted by molar-refractivity contribution is 0.0510. The van der Waals surface area contributed by atoms with E-state index in [-0.39, 0.29) is 23.4 Å². The minimum Gasteiger partial charge on any atom is -0.494 e. The van der Waals surface area contributed by atoms with Gasteiger partial charge >= 0.3 is 5.97 Å². The van der Waals surface area contributed by atoms with Crippen molar-refractivity contribution in [2.75, 3.05) is 25.6 Å². The molecule has 3 aromatic heterocycles. The molecule has 0 saturated heterocycles. The molecule has 14 heteroatoms. The molecule has 0 aliphatic heterocycles. The second kappa shape index (κ2) is 15.1. The fraction of sp³-hybridized carbons (Fsp3) is 0.419. The molecular weight excluding hydrogens is 578 g/mol. The van der Waals surface area contributed by atoms with Crippen LogP contribution in [0.25, 0.3) is 11.0 Å². The van der Waals surface area contributed by atoms with Crippen LogP contribution in [0.1, 0.15) is 75.7 Å². The zero-order valence-corrected chi connectivity index (χ0v) is 26.2. The van der Waals surface area contributed by atoms with Crippen LogP contribution in [0.3, 0.4) is 0 Å². The quantitative estimate of drug-likeness (QED) is 0.0961. The number of anilines is 1. The van der Waals surface area contributed by atoms with E-state index in [0.29, 0.717) is 73.1 Å². The van der Waals surface area contributed by atoms with E-state index in [9.17, 15) is 14.4 Å². The van der Waals surface area contributed by atoms with Gasteiger partial charge in [0, 0.05) is 37.3 Å². The van der Waals surface area contributed by atoms with Crippen LogP contribution >= 0.6 is 0 Å². The molecule has 5 N–H and O–H groups in total. The summed E-state index contributed by atoms with van der Waals surface area (Å²) in [7, 11) is 1.49. The molecule has 0 radical (unpaired) electrons. The minimum atomic E-state index is -0.617. The largest absolute Gasteiger partial charge is 0.494 e. The molecule has 14 nitrogen and oxygen atoms in total. The molecule has 0 unspecified atom stereocenters. The first-order valence-corrected chi connectivity index (χ1v) is 15.0. The number of ether oxygens (including phenoxy) is 2. The number of rotatable bonds is 16. The first-order chi connectivity index (χ1) is 21.7. The Morgan fingerprint density at radius 2 is 1.87 bits per heavy atom. The van der Waals surface area contributed by atoms with Crippen LogP contribution in [0.15, 0.2) is 36.5 Å². The van der Waals surface area contributed by atoms with E-state index >= 15 is 0 Å². The van der Waals surface area contributed by atoms with Crippen molar-refractivity contribution in [3.63, 3.8) is 0 Å². The van der Waals surface area contributed by atoms with E-state index < -0.39 is 5.91 Å². The minimum absolute atomic E-state index is 0.240. The van der Waals surface area contributed by atoms with E-state index in [1.165, 1.54) is 7.11 Å². The number of hydrogen-bond donors (Lipinski definition) is 3. The summed E-state index contributed by atoms with van der Waals surface area (Å²) in [4.78, 5) is 42.5. The van der Waals surface area contributed by atoms with E-state index in [1.807, 2.05) is 19.9 Å². The number of nitrogens with one attached hydrogen (secondary N) is 1. The molecule has 1 aromatic carbocycles. The van der Waals surface area contributed by atoms with Gasteiger partial charge in [-0.1, -0.05) is 18.6 Å². The monoisotopic (exact) mass is 619 g/mol. The van der Waals surface area contributed by atoms with Crippen molar-refractivity contribution in [3.05, 3.63) is 64.8 Å². The van der Waals surface area contributed by atoms with Gasteiger partial charge in [0.2, 0.25) is 11.9 Å². The molecule has 0 saturated carbocycles. The number of carbonyl (C=O) groups excluding carboxylic acids is 3. The highest BCUT2D eigenvalue weighted by Gasteiger charge is 2.22. The Bertz CT molecular complexity index is 1700. The first kappa shape index (κ1) is 32.9. The van der Waals surface area contributed by atoms with Gasteiger partial charge < -0.3 is 25.5 Å². The topological polar surface area (TPSA) is 187 Å². The van der Waals surface area contributed by atoms with E-state index in [4.69, 9.17) is 20.9 Å². The Hall–Kier alpha value is -4.98. The summed E-state index contributed by atoms with van der Waals surface area (Å²) >= 11 is 0. The third-order valence-corrected chi connectivity index (χ3v) is 7.26. The summed E-state index contributed by atoms with van der Waals surface area (Å²) in [6.45, 7) is 7.67. The molecule has 0 aliphatic rings. The SMILES string of the molecule is CCOC(=O)c1c(CCCCCn2nc(C)cc2C(=O)Nc2nc3cc(C(N)=O)cc(OC)c3n2C/C=C/CN)cnn1CC. The molecule has 0 atom stereocenters. The Morgan fingerprint density at radius 1 is 1.07 bits per heavy atom. The number of primary amides is 1. The zero-order valence-electron chi connectivity index (χ0n) is 26.2. The number of aromatic nitrogens is 6. The average molecular weight is 620 g/mol. The van der Waals surface area contributed by atoms with Gasteiger partial charge in [-0.3, -0.25) is 24.3 Å². The normalized spacial score (nSPS) is 11.4. The molecule has 240 valence electrons. The smallest absolute Gasteiger partial charge is 0.356 e. The molecule has 3 heterocycles. The van der Waals surface area contributed by atoms with Crippen LogP contribution in [-0.4, -0.2) is 67.2 Å². The number of nitrogens with two attached hydrogens (primary N) is 2. The number of allylic oxidation sites excluding steroid dienone is 1. The fourth-order valence-corrected chi connectivity index (χ4v) is 5.18. The highest BCUT2D eigenvalue weighted by Crippen LogP contribution is 2.31. The maximum atomic E-state index is 13.6. The molecule has 4 aromatic rings. The fourth-order valence-electron chi connectivity index (χ4n) is 5.18. The van der Waals surface area contributed by atoms with Crippen LogP contribution in [-0.2, 0) is 30.8 Å². The van der Waals surface area contributed by atoms with Gasteiger partial charge in [-0.05, 0) is 58.2 Å². The first-order valence-electron chi connectivity index (χ1n) is 15.0. The number of methoxy groups -OCH3 is 1. The van der Waals surface area contributed by atoms with Crippen molar-refractivity contribution in [1.29, 1.82) is 0 Å². The zero-order chi connectivity index (χ0) is 32.5. The van der Waals surface area contributed by atoms with E-state index in [0.717, 1.165) is 24.8 Å². The van der Waals surface area contributed by atoms with Gasteiger partial charge in [-0.15, -0.1) is 0 Å². The van der Waals surface area contributed by atoms with Crippen LogP contribution in [0.2, 0.25) is 0 Å². The van der Waals surface area contributed by atoms with Gasteiger partial charge in [0.05, 0.1) is 31.1 Å². The van der Waals surface area contributed by atoms with Crippen molar-refractivity contribution < 1.29 is 23.9 Å². The van der Waals surface area contributed by atoms with Crippen molar-refractivity contribution in [1.82, 2.24) is 29.1 Å². The predicted octanol–water partition coefficient (Wildman–Crippen LogP) is 3.22. The highest BCUT2D eigenvalue weighted by molar-refractivity contribution is 6.04. The lowest BCUT2D eigenvalue weighted by Crippen LogP contribution is -2.20. The van der Waals surface area contributed by atoms with Crippen molar-refractivity contribution in [2.24, 2.45) is 11.5 Å². The van der Waals surface area contributed by atoms with Gasteiger partial charge in [-0.2, -0.15) is 10.2 Å². The standard InChI is InChI=1S/C31H41N9O5/c1-5-39-26(30(43)45-6-2)21(19-34-39)12-8-7-10-15-40-24(16-20(3)37-40)29(42)36-31-35-23-17-22(28(33)41)18-25(44-4)27(23)38(31)14-11-9-13-32/h9,11,16-19H,5-8,10,12-15,32H2,1-4H3,(H2,33,41)(H,35,36,42)/b11-9+. The summed E-state index contributed by atoms with van der Waals surface area (Å²) in [5, 5.41) is 11.8. The molecule has 0 bridgehead atoms. The van der Waals surface area contributed by atoms with Crippen molar-refractivity contribution in [3.8, 4) is 5.75 Å².